The standard InChI is InChI=1S/C22H20N4O/c1-16(18-7-3-2-4-8-18)23-22(27)19-13-11-17(12-14-19)15-26-21-10-6-5-9-20(21)24-25-26/h2-14,16H,15H2,1H3,(H,23,27)/t16-/m1/s1. The fourth-order valence-corrected chi connectivity index (χ4v) is 3.07. The molecule has 27 heavy (non-hydrogen) atoms. The molecule has 1 amide bonds. The molecule has 1 aromatic heterocycles. The highest BCUT2D eigenvalue weighted by molar-refractivity contribution is 5.94. The van der Waals surface area contributed by atoms with Crippen LogP contribution in [-0.2, 0) is 6.54 Å². The van der Waals surface area contributed by atoms with Crippen LogP contribution in [0.3, 0.4) is 0 Å². The molecule has 0 saturated heterocycles. The SMILES string of the molecule is C[C@@H](NC(=O)c1ccc(Cn2nnc3ccccc32)cc1)c1ccccc1. The number of amides is 1. The summed E-state index contributed by atoms with van der Waals surface area (Å²) in [6.45, 7) is 2.60. The molecule has 4 aromatic rings. The Balaban J connectivity index is 1.45. The Labute approximate surface area is 157 Å². The quantitative estimate of drug-likeness (QED) is 0.589. The van der Waals surface area contributed by atoms with Gasteiger partial charge in [0.05, 0.1) is 18.1 Å². The van der Waals surface area contributed by atoms with Crippen LogP contribution in [0.5, 0.6) is 0 Å². The zero-order valence-corrected chi connectivity index (χ0v) is 15.0. The van der Waals surface area contributed by atoms with E-state index in [1.54, 1.807) is 0 Å². The maximum atomic E-state index is 12.5. The lowest BCUT2D eigenvalue weighted by atomic mass is 10.1. The van der Waals surface area contributed by atoms with E-state index in [0.717, 1.165) is 22.2 Å². The third kappa shape index (κ3) is 3.72. The van der Waals surface area contributed by atoms with Crippen molar-refractivity contribution in [1.29, 1.82) is 0 Å². The number of fused-ring (bicyclic) bond motifs is 1. The Morgan fingerprint density at radius 1 is 0.963 bits per heavy atom. The predicted octanol–water partition coefficient (Wildman–Crippen LogP) is 3.97. The van der Waals surface area contributed by atoms with Gasteiger partial charge in [0.1, 0.15) is 5.52 Å². The summed E-state index contributed by atoms with van der Waals surface area (Å²) in [7, 11) is 0. The molecule has 1 heterocycles. The van der Waals surface area contributed by atoms with Gasteiger partial charge in [-0.2, -0.15) is 0 Å². The average Bonchev–Trinajstić information content (AvgIpc) is 3.12. The first-order chi connectivity index (χ1) is 13.2. The van der Waals surface area contributed by atoms with Gasteiger partial charge >= 0.3 is 0 Å². The maximum Gasteiger partial charge on any atom is 0.251 e. The number of nitrogens with zero attached hydrogens (tertiary/aromatic N) is 3. The molecule has 0 fully saturated rings. The molecule has 5 heteroatoms. The third-order valence-corrected chi connectivity index (χ3v) is 4.62. The first kappa shape index (κ1) is 17.0. The van der Waals surface area contributed by atoms with E-state index in [4.69, 9.17) is 0 Å². The lowest BCUT2D eigenvalue weighted by Crippen LogP contribution is -2.26. The summed E-state index contributed by atoms with van der Waals surface area (Å²) in [4.78, 5) is 12.5. The third-order valence-electron chi connectivity index (χ3n) is 4.62. The molecule has 0 aliphatic heterocycles. The van der Waals surface area contributed by atoms with Gasteiger partial charge in [0, 0.05) is 5.56 Å². The number of para-hydroxylation sites is 1. The summed E-state index contributed by atoms with van der Waals surface area (Å²) in [5.74, 6) is -0.0795. The van der Waals surface area contributed by atoms with E-state index in [0.29, 0.717) is 12.1 Å². The van der Waals surface area contributed by atoms with Gasteiger partial charge in [0.2, 0.25) is 0 Å². The Kier molecular flexibility index (Phi) is 4.66. The van der Waals surface area contributed by atoms with Gasteiger partial charge < -0.3 is 5.32 Å². The van der Waals surface area contributed by atoms with E-state index in [1.165, 1.54) is 0 Å². The highest BCUT2D eigenvalue weighted by Crippen LogP contribution is 2.15. The number of rotatable bonds is 5. The second kappa shape index (κ2) is 7.41. The van der Waals surface area contributed by atoms with Gasteiger partial charge in [-0.3, -0.25) is 4.79 Å². The first-order valence-corrected chi connectivity index (χ1v) is 8.94. The van der Waals surface area contributed by atoms with Crippen molar-refractivity contribution >= 4 is 16.9 Å². The number of hydrogen-bond donors (Lipinski definition) is 1. The number of carbonyl (C=O) groups is 1. The van der Waals surface area contributed by atoms with Crippen molar-refractivity contribution in [2.45, 2.75) is 19.5 Å². The highest BCUT2D eigenvalue weighted by Gasteiger charge is 2.11. The van der Waals surface area contributed by atoms with Crippen LogP contribution in [0, 0.1) is 0 Å². The van der Waals surface area contributed by atoms with Crippen molar-refractivity contribution in [3.63, 3.8) is 0 Å². The Hall–Kier alpha value is -3.47. The Morgan fingerprint density at radius 3 is 2.44 bits per heavy atom. The maximum absolute atomic E-state index is 12.5. The minimum absolute atomic E-state index is 0.0418. The van der Waals surface area contributed by atoms with Crippen LogP contribution in [0.2, 0.25) is 0 Å². The molecule has 5 nitrogen and oxygen atoms in total. The Morgan fingerprint density at radius 2 is 1.67 bits per heavy atom. The van der Waals surface area contributed by atoms with E-state index in [1.807, 2.05) is 90.5 Å². The molecule has 1 atom stereocenters. The Bertz CT molecular complexity index is 1050. The van der Waals surface area contributed by atoms with Crippen molar-refractivity contribution in [3.05, 3.63) is 95.6 Å². The molecule has 0 saturated carbocycles. The van der Waals surface area contributed by atoms with Crippen LogP contribution in [0.15, 0.2) is 78.9 Å². The minimum Gasteiger partial charge on any atom is -0.346 e. The van der Waals surface area contributed by atoms with Crippen molar-refractivity contribution in [1.82, 2.24) is 20.3 Å². The van der Waals surface area contributed by atoms with Crippen LogP contribution >= 0.6 is 0 Å². The number of benzene rings is 3. The zero-order valence-electron chi connectivity index (χ0n) is 15.0. The van der Waals surface area contributed by atoms with E-state index < -0.39 is 0 Å². The normalized spacial score (nSPS) is 12.0. The number of aromatic nitrogens is 3. The molecule has 4 rings (SSSR count). The van der Waals surface area contributed by atoms with Gasteiger partial charge in [-0.15, -0.1) is 5.10 Å². The molecule has 3 aromatic carbocycles. The molecule has 134 valence electrons. The monoisotopic (exact) mass is 356 g/mol. The molecular weight excluding hydrogens is 336 g/mol. The second-order valence-corrected chi connectivity index (χ2v) is 6.54. The van der Waals surface area contributed by atoms with E-state index >= 15 is 0 Å². The number of nitrogens with one attached hydrogen (secondary N) is 1. The van der Waals surface area contributed by atoms with Crippen molar-refractivity contribution in [2.75, 3.05) is 0 Å². The van der Waals surface area contributed by atoms with E-state index in [2.05, 4.69) is 15.6 Å². The van der Waals surface area contributed by atoms with Crippen molar-refractivity contribution in [2.24, 2.45) is 0 Å². The van der Waals surface area contributed by atoms with Gasteiger partial charge in [0.15, 0.2) is 0 Å². The second-order valence-electron chi connectivity index (χ2n) is 6.54. The highest BCUT2D eigenvalue weighted by atomic mass is 16.1. The topological polar surface area (TPSA) is 59.8 Å². The smallest absolute Gasteiger partial charge is 0.251 e. The van der Waals surface area contributed by atoms with Crippen LogP contribution < -0.4 is 5.32 Å². The van der Waals surface area contributed by atoms with Gasteiger partial charge in [-0.25, -0.2) is 4.68 Å². The summed E-state index contributed by atoms with van der Waals surface area (Å²) in [5, 5.41) is 11.4. The van der Waals surface area contributed by atoms with Gasteiger partial charge in [-0.05, 0) is 42.3 Å². The van der Waals surface area contributed by atoms with Crippen LogP contribution in [-0.4, -0.2) is 20.9 Å². The average molecular weight is 356 g/mol. The van der Waals surface area contributed by atoms with Crippen LogP contribution in [0.25, 0.3) is 11.0 Å². The van der Waals surface area contributed by atoms with Crippen molar-refractivity contribution < 1.29 is 4.79 Å². The predicted molar refractivity (Wildman–Crippen MR) is 105 cm³/mol. The molecule has 0 bridgehead atoms. The fourth-order valence-electron chi connectivity index (χ4n) is 3.07. The lowest BCUT2D eigenvalue weighted by Gasteiger charge is -2.14. The summed E-state index contributed by atoms with van der Waals surface area (Å²) in [6.07, 6.45) is 0. The summed E-state index contributed by atoms with van der Waals surface area (Å²) < 4.78 is 1.86. The van der Waals surface area contributed by atoms with Gasteiger partial charge in [-0.1, -0.05) is 59.8 Å². The molecule has 1 N–H and O–H groups in total. The molecule has 0 aliphatic carbocycles. The number of hydrogen-bond acceptors (Lipinski definition) is 3. The minimum atomic E-state index is -0.0795. The fraction of sp³-hybridized carbons (Fsp3) is 0.136. The van der Waals surface area contributed by atoms with Gasteiger partial charge in [0.25, 0.3) is 5.91 Å². The molecule has 0 radical (unpaired) electrons. The summed E-state index contributed by atoms with van der Waals surface area (Å²) >= 11 is 0. The molecule has 0 spiro atoms. The molecule has 0 unspecified atom stereocenters. The molecular formula is C22H20N4O. The van der Waals surface area contributed by atoms with Crippen LogP contribution in [0.1, 0.15) is 34.5 Å². The molecule has 0 aliphatic rings. The largest absolute Gasteiger partial charge is 0.346 e. The van der Waals surface area contributed by atoms with E-state index in [-0.39, 0.29) is 11.9 Å². The zero-order chi connectivity index (χ0) is 18.6. The lowest BCUT2D eigenvalue weighted by molar-refractivity contribution is 0.0940. The first-order valence-electron chi connectivity index (χ1n) is 8.94. The van der Waals surface area contributed by atoms with Crippen LogP contribution in [0.4, 0.5) is 0 Å². The number of carbonyl (C=O) groups excluding carboxylic acids is 1. The van der Waals surface area contributed by atoms with Crippen molar-refractivity contribution in [3.8, 4) is 0 Å². The summed E-state index contributed by atoms with van der Waals surface area (Å²) in [5.41, 5.74) is 4.67. The van der Waals surface area contributed by atoms with E-state index in [9.17, 15) is 4.79 Å². The summed E-state index contributed by atoms with van der Waals surface area (Å²) in [6, 6.07) is 25.4.